The molecule has 2 fully saturated rings. The molecule has 2 saturated heterocycles. The Bertz CT molecular complexity index is 597. The maximum atomic E-state index is 4.76. The number of thiazole rings is 1. The zero-order valence-corrected chi connectivity index (χ0v) is 12.9. The zero-order valence-electron chi connectivity index (χ0n) is 12.0. The van der Waals surface area contributed by atoms with E-state index in [9.17, 15) is 0 Å². The summed E-state index contributed by atoms with van der Waals surface area (Å²) in [5.74, 6) is 1.74. The molecular weight excluding hydrogens is 280 g/mol. The summed E-state index contributed by atoms with van der Waals surface area (Å²) in [6.45, 7) is 5.82. The Kier molecular flexibility index (Phi) is 3.71. The van der Waals surface area contributed by atoms with Gasteiger partial charge in [-0.1, -0.05) is 6.07 Å². The van der Waals surface area contributed by atoms with E-state index < -0.39 is 0 Å². The van der Waals surface area contributed by atoms with Crippen LogP contribution in [0.4, 0.5) is 0 Å². The lowest BCUT2D eigenvalue weighted by atomic mass is 9.89. The third-order valence-electron chi connectivity index (χ3n) is 4.61. The van der Waals surface area contributed by atoms with Crippen molar-refractivity contribution in [2.75, 3.05) is 26.2 Å². The maximum Gasteiger partial charge on any atom is 0.142 e. The highest BCUT2D eigenvalue weighted by molar-refractivity contribution is 7.13. The fourth-order valence-electron chi connectivity index (χ4n) is 3.47. The molecule has 21 heavy (non-hydrogen) atoms. The van der Waals surface area contributed by atoms with E-state index in [4.69, 9.17) is 4.98 Å². The highest BCUT2D eigenvalue weighted by Gasteiger charge is 2.32. The summed E-state index contributed by atoms with van der Waals surface area (Å²) >= 11 is 1.70. The van der Waals surface area contributed by atoms with Gasteiger partial charge in [0, 0.05) is 24.7 Å². The van der Waals surface area contributed by atoms with Crippen LogP contribution in [0.25, 0.3) is 10.7 Å². The molecule has 2 aliphatic rings. The van der Waals surface area contributed by atoms with Crippen LogP contribution in [0.3, 0.4) is 0 Å². The van der Waals surface area contributed by atoms with Crippen LogP contribution in [0.15, 0.2) is 29.8 Å². The molecule has 4 rings (SSSR count). The Morgan fingerprint density at radius 1 is 1.29 bits per heavy atom. The number of piperidine rings is 1. The van der Waals surface area contributed by atoms with Crippen LogP contribution in [0.2, 0.25) is 0 Å². The lowest BCUT2D eigenvalue weighted by Gasteiger charge is -2.33. The second-order valence-electron chi connectivity index (χ2n) is 6.06. The van der Waals surface area contributed by atoms with Crippen LogP contribution in [-0.4, -0.2) is 41.0 Å². The van der Waals surface area contributed by atoms with E-state index in [0.717, 1.165) is 29.1 Å². The van der Waals surface area contributed by atoms with Crippen LogP contribution in [0, 0.1) is 11.8 Å². The number of likely N-dealkylation sites (tertiary alicyclic amines) is 1. The minimum Gasteiger partial charge on any atom is -0.316 e. The van der Waals surface area contributed by atoms with Crippen molar-refractivity contribution in [3.05, 3.63) is 35.5 Å². The number of rotatable bonds is 3. The van der Waals surface area contributed by atoms with E-state index >= 15 is 0 Å². The topological polar surface area (TPSA) is 41.1 Å². The first-order chi connectivity index (χ1) is 10.4. The molecule has 2 aromatic rings. The standard InChI is InChI=1S/C16H20N4S/c1-2-5-18-15(3-1)16-19-14(11-21-16)10-20-6-4-12-7-17-8-13(12)9-20/h1-3,5,11-13,17H,4,6-10H2. The van der Waals surface area contributed by atoms with Crippen LogP contribution in [0.5, 0.6) is 0 Å². The summed E-state index contributed by atoms with van der Waals surface area (Å²) in [5, 5.41) is 6.74. The zero-order chi connectivity index (χ0) is 14.1. The maximum absolute atomic E-state index is 4.76. The van der Waals surface area contributed by atoms with Gasteiger partial charge in [0.05, 0.1) is 11.4 Å². The van der Waals surface area contributed by atoms with Crippen molar-refractivity contribution >= 4 is 11.3 Å². The van der Waals surface area contributed by atoms with Crippen molar-refractivity contribution in [3.63, 3.8) is 0 Å². The molecule has 4 heterocycles. The van der Waals surface area contributed by atoms with Crippen LogP contribution in [-0.2, 0) is 6.54 Å². The highest BCUT2D eigenvalue weighted by Crippen LogP contribution is 2.28. The molecule has 2 aliphatic heterocycles. The molecule has 5 heteroatoms. The van der Waals surface area contributed by atoms with Crippen molar-refractivity contribution in [1.82, 2.24) is 20.2 Å². The molecule has 0 saturated carbocycles. The predicted molar refractivity (Wildman–Crippen MR) is 85.1 cm³/mol. The number of nitrogens with one attached hydrogen (secondary N) is 1. The summed E-state index contributed by atoms with van der Waals surface area (Å²) in [5.41, 5.74) is 2.16. The van der Waals surface area contributed by atoms with E-state index in [1.54, 1.807) is 11.3 Å². The van der Waals surface area contributed by atoms with Gasteiger partial charge in [0.2, 0.25) is 0 Å². The summed E-state index contributed by atoms with van der Waals surface area (Å²) in [6.07, 6.45) is 3.16. The molecule has 110 valence electrons. The minimum atomic E-state index is 0.840. The number of hydrogen-bond donors (Lipinski definition) is 1. The average molecular weight is 300 g/mol. The lowest BCUT2D eigenvalue weighted by Crippen LogP contribution is -2.39. The largest absolute Gasteiger partial charge is 0.316 e. The van der Waals surface area contributed by atoms with Gasteiger partial charge < -0.3 is 5.32 Å². The predicted octanol–water partition coefficient (Wildman–Crippen LogP) is 2.25. The second-order valence-corrected chi connectivity index (χ2v) is 6.92. The molecule has 1 N–H and O–H groups in total. The van der Waals surface area contributed by atoms with Gasteiger partial charge in [-0.3, -0.25) is 9.88 Å². The quantitative estimate of drug-likeness (QED) is 0.944. The van der Waals surface area contributed by atoms with E-state index in [2.05, 4.69) is 20.6 Å². The van der Waals surface area contributed by atoms with Crippen LogP contribution in [0.1, 0.15) is 12.1 Å². The van der Waals surface area contributed by atoms with Gasteiger partial charge in [-0.2, -0.15) is 0 Å². The van der Waals surface area contributed by atoms with Crippen molar-refractivity contribution in [1.29, 1.82) is 0 Å². The second kappa shape index (κ2) is 5.83. The van der Waals surface area contributed by atoms with Gasteiger partial charge in [-0.25, -0.2) is 4.98 Å². The lowest BCUT2D eigenvalue weighted by molar-refractivity contribution is 0.141. The van der Waals surface area contributed by atoms with E-state index in [1.807, 2.05) is 24.4 Å². The Hall–Kier alpha value is -1.30. The Labute approximate surface area is 129 Å². The van der Waals surface area contributed by atoms with E-state index in [0.29, 0.717) is 0 Å². The molecule has 0 amide bonds. The van der Waals surface area contributed by atoms with E-state index in [-0.39, 0.29) is 0 Å². The first-order valence-electron chi connectivity index (χ1n) is 7.67. The molecule has 0 aliphatic carbocycles. The summed E-state index contributed by atoms with van der Waals surface area (Å²) in [4.78, 5) is 11.7. The SMILES string of the molecule is c1ccc(-c2nc(CN3CCC4CNCC4C3)cs2)nc1. The molecule has 2 aromatic heterocycles. The van der Waals surface area contributed by atoms with Crippen molar-refractivity contribution in [2.24, 2.45) is 11.8 Å². The van der Waals surface area contributed by atoms with Gasteiger partial charge in [-0.05, 0) is 50.0 Å². The van der Waals surface area contributed by atoms with Crippen LogP contribution >= 0.6 is 11.3 Å². The third kappa shape index (κ3) is 2.86. The van der Waals surface area contributed by atoms with Crippen molar-refractivity contribution in [2.45, 2.75) is 13.0 Å². The smallest absolute Gasteiger partial charge is 0.142 e. The monoisotopic (exact) mass is 300 g/mol. The highest BCUT2D eigenvalue weighted by atomic mass is 32.1. The Morgan fingerprint density at radius 2 is 2.24 bits per heavy atom. The minimum absolute atomic E-state index is 0.840. The fraction of sp³-hybridized carbons (Fsp3) is 0.500. The van der Waals surface area contributed by atoms with Gasteiger partial charge in [0.25, 0.3) is 0 Å². The molecular formula is C16H20N4S. The van der Waals surface area contributed by atoms with Crippen molar-refractivity contribution in [3.8, 4) is 10.7 Å². The molecule has 0 bridgehead atoms. The summed E-state index contributed by atoms with van der Waals surface area (Å²) in [6, 6.07) is 5.98. The van der Waals surface area contributed by atoms with Gasteiger partial charge in [-0.15, -0.1) is 11.3 Å². The number of hydrogen-bond acceptors (Lipinski definition) is 5. The molecule has 0 radical (unpaired) electrons. The first kappa shape index (κ1) is 13.4. The molecule has 0 aromatic carbocycles. The van der Waals surface area contributed by atoms with Gasteiger partial charge in [0.15, 0.2) is 0 Å². The average Bonchev–Trinajstić information content (AvgIpc) is 3.17. The number of aromatic nitrogens is 2. The Balaban J connectivity index is 1.42. The first-order valence-corrected chi connectivity index (χ1v) is 8.55. The van der Waals surface area contributed by atoms with Crippen LogP contribution < -0.4 is 5.32 Å². The van der Waals surface area contributed by atoms with Gasteiger partial charge in [0.1, 0.15) is 5.01 Å². The molecule has 0 spiro atoms. The molecule has 2 atom stereocenters. The normalized spacial score (nSPS) is 25.9. The third-order valence-corrected chi connectivity index (χ3v) is 5.52. The summed E-state index contributed by atoms with van der Waals surface area (Å²) < 4.78 is 0. The molecule has 2 unspecified atom stereocenters. The molecule has 4 nitrogen and oxygen atoms in total. The number of fused-ring (bicyclic) bond motifs is 1. The number of nitrogens with zero attached hydrogens (tertiary/aromatic N) is 3. The summed E-state index contributed by atoms with van der Waals surface area (Å²) in [7, 11) is 0. The number of pyridine rings is 1. The Morgan fingerprint density at radius 3 is 3.14 bits per heavy atom. The van der Waals surface area contributed by atoms with E-state index in [1.165, 1.54) is 38.3 Å². The van der Waals surface area contributed by atoms with Gasteiger partial charge >= 0.3 is 0 Å². The fourth-order valence-corrected chi connectivity index (χ4v) is 4.26. The van der Waals surface area contributed by atoms with Crippen molar-refractivity contribution < 1.29 is 0 Å².